The van der Waals surface area contributed by atoms with Crippen molar-refractivity contribution < 1.29 is 36.6 Å². The summed E-state index contributed by atoms with van der Waals surface area (Å²) in [5.74, 6) is -2.10. The summed E-state index contributed by atoms with van der Waals surface area (Å²) in [5.41, 5.74) is 1.77. The molecule has 0 unspecified atom stereocenters. The van der Waals surface area contributed by atoms with E-state index in [1.54, 1.807) is 30.3 Å². The van der Waals surface area contributed by atoms with Gasteiger partial charge < -0.3 is 14.8 Å². The van der Waals surface area contributed by atoms with E-state index < -0.39 is 23.6 Å². The van der Waals surface area contributed by atoms with Gasteiger partial charge in [-0.1, -0.05) is 23.7 Å². The Balaban J connectivity index is 1.59. The molecule has 0 bridgehead atoms. The molecule has 0 aromatic heterocycles. The molecule has 188 valence electrons. The molecule has 0 aliphatic heterocycles. The first kappa shape index (κ1) is 26.5. The number of alkyl halides is 3. The Morgan fingerprint density at radius 3 is 2.39 bits per heavy atom. The van der Waals surface area contributed by atoms with Crippen LogP contribution in [0.4, 0.5) is 23.2 Å². The number of ether oxygens (including phenoxy) is 2. The van der Waals surface area contributed by atoms with Crippen LogP contribution in [0.3, 0.4) is 0 Å². The molecule has 0 aliphatic rings. The van der Waals surface area contributed by atoms with Crippen molar-refractivity contribution in [3.63, 3.8) is 0 Å². The van der Waals surface area contributed by atoms with E-state index in [1.807, 2.05) is 10.7 Å². The van der Waals surface area contributed by atoms with Crippen molar-refractivity contribution in [2.45, 2.75) is 12.8 Å². The van der Waals surface area contributed by atoms with E-state index in [4.69, 9.17) is 21.1 Å². The minimum Gasteiger partial charge on any atom is -0.493 e. The minimum absolute atomic E-state index is 0.172. The summed E-state index contributed by atoms with van der Waals surface area (Å²) in [5, 5.41) is 5.49. The summed E-state index contributed by atoms with van der Waals surface area (Å²) in [4.78, 5) is 24.0. The van der Waals surface area contributed by atoms with Crippen molar-refractivity contribution in [3.8, 4) is 11.5 Å². The first-order valence-electron chi connectivity index (χ1n) is 10.1. The fraction of sp³-hybridized carbons (Fsp3) is 0.125. The van der Waals surface area contributed by atoms with Crippen molar-refractivity contribution in [1.82, 2.24) is 5.43 Å². The van der Waals surface area contributed by atoms with E-state index in [2.05, 4.69) is 5.10 Å². The number of benzene rings is 3. The van der Waals surface area contributed by atoms with E-state index in [0.717, 1.165) is 17.7 Å². The van der Waals surface area contributed by atoms with Crippen molar-refractivity contribution >= 4 is 35.3 Å². The van der Waals surface area contributed by atoms with Gasteiger partial charge in [-0.3, -0.25) is 9.59 Å². The van der Waals surface area contributed by atoms with Crippen LogP contribution in [0.2, 0.25) is 5.02 Å². The number of hydrogen-bond donors (Lipinski definition) is 2. The molecule has 0 aliphatic carbocycles. The zero-order valence-corrected chi connectivity index (χ0v) is 19.3. The second-order valence-electron chi connectivity index (χ2n) is 7.17. The number of carbonyl (C=O) groups is 2. The highest BCUT2D eigenvalue weighted by atomic mass is 35.5. The zero-order chi connectivity index (χ0) is 26.3. The maximum Gasteiger partial charge on any atom is 0.416 e. The normalized spacial score (nSPS) is 11.3. The highest BCUT2D eigenvalue weighted by Crippen LogP contribution is 2.33. The standard InChI is InChI=1S/C24H18ClF4N3O4/c1-35-21-10-15(4-9-20(21)36-13-14-2-6-17(26)7-3-14)12-30-32-23(34)22(33)31-19-11-16(24(27,28)29)5-8-18(19)25/h2-12H,13H2,1H3,(H,31,33)(H,32,34)/b30-12+. The van der Waals surface area contributed by atoms with Gasteiger partial charge in [0.15, 0.2) is 11.5 Å². The van der Waals surface area contributed by atoms with E-state index >= 15 is 0 Å². The minimum atomic E-state index is -4.65. The lowest BCUT2D eigenvalue weighted by molar-refractivity contribution is -0.137. The van der Waals surface area contributed by atoms with Gasteiger partial charge in [0.05, 0.1) is 29.6 Å². The van der Waals surface area contributed by atoms with Crippen molar-refractivity contribution in [3.05, 3.63) is 88.2 Å². The Kier molecular flexibility index (Phi) is 8.49. The first-order valence-corrected chi connectivity index (χ1v) is 10.5. The van der Waals surface area contributed by atoms with Crippen LogP contribution < -0.4 is 20.2 Å². The predicted molar refractivity (Wildman–Crippen MR) is 125 cm³/mol. The molecule has 0 spiro atoms. The molecule has 0 atom stereocenters. The highest BCUT2D eigenvalue weighted by Gasteiger charge is 2.31. The van der Waals surface area contributed by atoms with Gasteiger partial charge in [-0.2, -0.15) is 18.3 Å². The van der Waals surface area contributed by atoms with Crippen LogP contribution in [0.5, 0.6) is 11.5 Å². The molecule has 0 fully saturated rings. The van der Waals surface area contributed by atoms with Crippen LogP contribution in [-0.2, 0) is 22.4 Å². The topological polar surface area (TPSA) is 89.0 Å². The quantitative estimate of drug-likeness (QED) is 0.193. The van der Waals surface area contributed by atoms with Crippen molar-refractivity contribution in [1.29, 1.82) is 0 Å². The molecule has 2 N–H and O–H groups in total. The number of halogens is 5. The third-order valence-corrected chi connectivity index (χ3v) is 4.95. The zero-order valence-electron chi connectivity index (χ0n) is 18.5. The van der Waals surface area contributed by atoms with Gasteiger partial charge >= 0.3 is 18.0 Å². The maximum atomic E-state index is 13.0. The fourth-order valence-electron chi connectivity index (χ4n) is 2.82. The number of hydrazone groups is 1. The van der Waals surface area contributed by atoms with Crippen LogP contribution in [-0.4, -0.2) is 25.1 Å². The van der Waals surface area contributed by atoms with E-state index in [-0.39, 0.29) is 23.1 Å². The summed E-state index contributed by atoms with van der Waals surface area (Å²) in [7, 11) is 1.42. The number of amides is 2. The molecule has 3 aromatic rings. The number of anilines is 1. The summed E-state index contributed by atoms with van der Waals surface area (Å²) < 4.78 is 62.5. The smallest absolute Gasteiger partial charge is 0.416 e. The lowest BCUT2D eigenvalue weighted by Gasteiger charge is -2.11. The van der Waals surface area contributed by atoms with E-state index in [0.29, 0.717) is 23.1 Å². The number of methoxy groups -OCH3 is 1. The van der Waals surface area contributed by atoms with Gasteiger partial charge in [-0.25, -0.2) is 9.82 Å². The SMILES string of the molecule is COc1cc(/C=N/NC(=O)C(=O)Nc2cc(C(F)(F)F)ccc2Cl)ccc1OCc1ccc(F)cc1. The van der Waals surface area contributed by atoms with E-state index in [1.165, 1.54) is 25.5 Å². The van der Waals surface area contributed by atoms with Gasteiger partial charge in [0.2, 0.25) is 0 Å². The molecule has 0 saturated heterocycles. The van der Waals surface area contributed by atoms with E-state index in [9.17, 15) is 27.2 Å². The Bertz CT molecular complexity index is 1280. The van der Waals surface area contributed by atoms with Gasteiger partial charge in [0.1, 0.15) is 12.4 Å². The Morgan fingerprint density at radius 2 is 1.72 bits per heavy atom. The number of nitrogens with zero attached hydrogens (tertiary/aromatic N) is 1. The summed E-state index contributed by atoms with van der Waals surface area (Å²) in [6.07, 6.45) is -3.44. The number of nitrogens with one attached hydrogen (secondary N) is 2. The van der Waals surface area contributed by atoms with Crippen molar-refractivity contribution in [2.24, 2.45) is 5.10 Å². The molecular formula is C24H18ClF4N3O4. The number of hydrogen-bond acceptors (Lipinski definition) is 5. The molecule has 0 saturated carbocycles. The largest absolute Gasteiger partial charge is 0.493 e. The first-order chi connectivity index (χ1) is 17.1. The second-order valence-corrected chi connectivity index (χ2v) is 7.58. The van der Waals surface area contributed by atoms with Crippen LogP contribution in [0.15, 0.2) is 65.8 Å². The molecule has 7 nitrogen and oxygen atoms in total. The fourth-order valence-corrected chi connectivity index (χ4v) is 2.98. The Labute approximate surface area is 207 Å². The third-order valence-electron chi connectivity index (χ3n) is 4.62. The van der Waals surface area contributed by atoms with Crippen LogP contribution >= 0.6 is 11.6 Å². The molecule has 0 heterocycles. The van der Waals surface area contributed by atoms with Gasteiger partial charge in [-0.05, 0) is 59.7 Å². The summed E-state index contributed by atoms with van der Waals surface area (Å²) >= 11 is 5.80. The molecule has 3 rings (SSSR count). The summed E-state index contributed by atoms with van der Waals surface area (Å²) in [6, 6.07) is 12.9. The summed E-state index contributed by atoms with van der Waals surface area (Å²) in [6.45, 7) is 0.172. The monoisotopic (exact) mass is 523 g/mol. The van der Waals surface area contributed by atoms with Gasteiger partial charge in [-0.15, -0.1) is 0 Å². The Hall–Kier alpha value is -4.12. The Morgan fingerprint density at radius 1 is 1.00 bits per heavy atom. The lowest BCUT2D eigenvalue weighted by Crippen LogP contribution is -2.32. The van der Waals surface area contributed by atoms with Crippen LogP contribution in [0.25, 0.3) is 0 Å². The maximum absolute atomic E-state index is 13.0. The van der Waals surface area contributed by atoms with Crippen LogP contribution in [0.1, 0.15) is 16.7 Å². The molecule has 12 heteroatoms. The average Bonchev–Trinajstić information content (AvgIpc) is 2.84. The highest BCUT2D eigenvalue weighted by molar-refractivity contribution is 6.41. The van der Waals surface area contributed by atoms with Crippen LogP contribution in [0, 0.1) is 5.82 Å². The lowest BCUT2D eigenvalue weighted by atomic mass is 10.2. The molecule has 36 heavy (non-hydrogen) atoms. The van der Waals surface area contributed by atoms with Gasteiger partial charge in [0, 0.05) is 0 Å². The van der Waals surface area contributed by atoms with Gasteiger partial charge in [0.25, 0.3) is 0 Å². The molecule has 2 amide bonds. The molecule has 3 aromatic carbocycles. The molecule has 0 radical (unpaired) electrons. The second kappa shape index (κ2) is 11.5. The predicted octanol–water partition coefficient (Wildman–Crippen LogP) is 5.17. The average molecular weight is 524 g/mol. The number of carbonyl (C=O) groups excluding carboxylic acids is 2. The molecular weight excluding hydrogens is 506 g/mol. The third kappa shape index (κ3) is 7.19. The number of rotatable bonds is 7. The van der Waals surface area contributed by atoms with Crippen molar-refractivity contribution in [2.75, 3.05) is 12.4 Å².